The first-order valence-electron chi connectivity index (χ1n) is 34.8. The molecule has 0 fully saturated rings. The lowest BCUT2D eigenvalue weighted by Crippen LogP contribution is -2.57. The van der Waals surface area contributed by atoms with Crippen LogP contribution < -0.4 is 64.2 Å². The second-order valence-corrected chi connectivity index (χ2v) is 31.9. The van der Waals surface area contributed by atoms with Crippen molar-refractivity contribution >= 4 is 145 Å². The zero-order valence-electron chi connectivity index (χ0n) is 61.9. The molecule has 5 aromatic rings. The van der Waals surface area contributed by atoms with Crippen LogP contribution in [-0.4, -0.2) is 192 Å². The number of thiazole rings is 4. The molecule has 15 atom stereocenters. The first-order chi connectivity index (χ1) is 53.2. The van der Waals surface area contributed by atoms with Crippen molar-refractivity contribution in [3.05, 3.63) is 160 Å². The highest BCUT2D eigenvalue weighted by Crippen LogP contribution is 2.48. The Hall–Kier alpha value is -10.8. The largest absolute Gasteiger partial charge is 0.455 e. The number of esters is 1. The molecule has 598 valence electrons. The summed E-state index contributed by atoms with van der Waals surface area (Å²) in [6.45, 7) is 26.9. The molecule has 0 unspecified atom stereocenters. The number of nitrogens with zero attached hydrogens (tertiary/aromatic N) is 7. The number of carbonyl (C=O) groups is 12. The van der Waals surface area contributed by atoms with Crippen LogP contribution in [0.1, 0.15) is 190 Å². The number of ether oxygens (including phenoxy) is 1. The molecule has 18 N–H and O–H groups in total. The van der Waals surface area contributed by atoms with Gasteiger partial charge in [-0.05, 0) is 78.9 Å². The Labute approximate surface area is 664 Å². The number of hydrogen-bond donors (Lipinski definition) is 17. The Morgan fingerprint density at radius 3 is 2.09 bits per heavy atom. The van der Waals surface area contributed by atoms with Gasteiger partial charge in [0, 0.05) is 32.8 Å². The third-order valence-corrected chi connectivity index (χ3v) is 23.6. The maximum absolute atomic E-state index is 15.4. The summed E-state index contributed by atoms with van der Waals surface area (Å²) in [5, 5.41) is 91.5. The van der Waals surface area contributed by atoms with Gasteiger partial charge in [0.2, 0.25) is 23.6 Å². The zero-order chi connectivity index (χ0) is 82.7. The Morgan fingerprint density at radius 1 is 0.743 bits per heavy atom. The van der Waals surface area contributed by atoms with Crippen LogP contribution in [0.4, 0.5) is 0 Å². The van der Waals surface area contributed by atoms with E-state index in [0.29, 0.717) is 0 Å². The van der Waals surface area contributed by atoms with Gasteiger partial charge in [-0.2, -0.15) is 0 Å². The van der Waals surface area contributed by atoms with Gasteiger partial charge in [-0.3, -0.25) is 68.0 Å². The average Bonchev–Trinajstić information content (AvgIpc) is 1.66. The van der Waals surface area contributed by atoms with Crippen molar-refractivity contribution in [2.45, 2.75) is 165 Å². The number of fused-ring (bicyclic) bond motifs is 7. The van der Waals surface area contributed by atoms with Gasteiger partial charge in [-0.25, -0.2) is 29.7 Å². The molecule has 42 heteroatoms. The van der Waals surface area contributed by atoms with E-state index in [-0.39, 0.29) is 89.0 Å². The smallest absolute Gasteiger partial charge is 0.357 e. The molecule has 113 heavy (non-hydrogen) atoms. The standard InChI is InChI=1S/C71H81N19O18S5/c1-14-37-64-83-44(22-109-64)61(103)89-52(70(13,107)34(12)93)67-85-43(23-112-67)59(101)88-48-33(11)108-68(106)40-19-36(31(9)91)35-15-16-38(50(94)49(35)79-40)78-46(25(2)3)62(104)77-29(7)56(98)74-27(5)55(97)75-30(8)57(99)90-71(69-86-45(24-113-69)60(102)87-47(32(10)92)63(105)81-37)18-17-39(80-51(71)41-20-111-66(48)82-41)65-84-42(21-110-65)58(100)76-28(6)54(96)73-26(4)53(72)95/h14-16,19-21,23-25,30-34,38,44,46-48,50-52,78,91-94,107H,4-7,17-18,22H2,1-3,8-13H3,(H2,72,95)(H,73,96)(H,74,98)(H,75,97)(H,76,100)(H,77,104)(H,81,105)(H,87,102)(H,88,101)(H,89,103)(H,90,99)/b37-14-/t30-,31-,32-,33+,34+,38+,44+,46-,47-,48-,50-,51+,52+,70+,71+/m0/s1. The second-order valence-electron chi connectivity index (χ2n) is 27.4. The van der Waals surface area contributed by atoms with E-state index >= 15 is 14.4 Å². The van der Waals surface area contributed by atoms with Crippen molar-refractivity contribution < 1.29 is 87.8 Å². The van der Waals surface area contributed by atoms with Crippen molar-refractivity contribution in [3.63, 3.8) is 0 Å². The summed E-state index contributed by atoms with van der Waals surface area (Å²) in [5.41, 5.74) is -2.56. The lowest BCUT2D eigenvalue weighted by Gasteiger charge is -2.41. The predicted molar refractivity (Wildman–Crippen MR) is 413 cm³/mol. The first kappa shape index (κ1) is 84.6. The summed E-state index contributed by atoms with van der Waals surface area (Å²) in [5.74, 6) is -12.7. The van der Waals surface area contributed by atoms with Crippen LogP contribution in [-0.2, 0) is 48.6 Å². The summed E-state index contributed by atoms with van der Waals surface area (Å²) in [6.07, 6.45) is -3.71. The lowest BCUT2D eigenvalue weighted by atomic mass is 9.80. The van der Waals surface area contributed by atoms with Crippen LogP contribution in [0.25, 0.3) is 6.08 Å². The second kappa shape index (κ2) is 34.7. The molecule has 0 spiro atoms. The highest BCUT2D eigenvalue weighted by molar-refractivity contribution is 8.14. The number of cyclic esters (lactones) is 1. The Kier molecular flexibility index (Phi) is 26.0. The maximum atomic E-state index is 15.4. The monoisotopic (exact) mass is 1650 g/mol. The highest BCUT2D eigenvalue weighted by atomic mass is 32.2. The number of nitrogens with one attached hydrogen (secondary N) is 11. The topological polar surface area (TPSA) is 563 Å². The molecule has 5 aliphatic rings. The normalized spacial score (nSPS) is 26.1. The lowest BCUT2D eigenvalue weighted by molar-refractivity contribution is -0.129. The van der Waals surface area contributed by atoms with E-state index in [2.05, 4.69) is 105 Å². The van der Waals surface area contributed by atoms with Crippen LogP contribution in [0.15, 0.2) is 105 Å². The number of pyridine rings is 1. The van der Waals surface area contributed by atoms with E-state index in [1.807, 2.05) is 0 Å². The molecule has 0 radical (unpaired) electrons. The van der Waals surface area contributed by atoms with E-state index in [9.17, 15) is 68.7 Å². The Morgan fingerprint density at radius 2 is 1.42 bits per heavy atom. The molecular weight excluding hydrogens is 1570 g/mol. The predicted octanol–water partition coefficient (Wildman–Crippen LogP) is 0.509. The summed E-state index contributed by atoms with van der Waals surface area (Å²) in [7, 11) is 0. The third-order valence-electron chi connectivity index (χ3n) is 18.7. The summed E-state index contributed by atoms with van der Waals surface area (Å²) in [6, 6.07) is -10.4. The molecule has 10 rings (SSSR count). The van der Waals surface area contributed by atoms with Gasteiger partial charge in [-0.15, -0.1) is 57.1 Å². The molecule has 11 amide bonds. The van der Waals surface area contributed by atoms with Gasteiger partial charge in [0.1, 0.15) is 107 Å². The number of rotatable bonds is 11. The minimum atomic E-state index is -2.21. The molecule has 0 saturated heterocycles. The fraction of sp³-hybridized carbons (Fsp3) is 0.394. The van der Waals surface area contributed by atoms with Crippen molar-refractivity contribution in [2.75, 3.05) is 5.75 Å². The van der Waals surface area contributed by atoms with Crippen LogP contribution in [0.3, 0.4) is 0 Å². The van der Waals surface area contributed by atoms with E-state index in [1.54, 1.807) is 20.8 Å². The average molecular weight is 1650 g/mol. The number of aromatic nitrogens is 5. The Bertz CT molecular complexity index is 4920. The number of carbonyl (C=O) groups excluding carboxylic acids is 12. The number of nitrogens with two attached hydrogens (primary N) is 1. The number of aliphatic hydroxyl groups excluding tert-OH is 4. The third kappa shape index (κ3) is 18.5. The molecule has 4 aliphatic heterocycles. The molecule has 0 aromatic carbocycles. The minimum absolute atomic E-state index is 0.0184. The molecular formula is C71H81N19O18S5. The number of aliphatic imine (C=N–C) groups is 2. The number of primary amides is 1. The number of allylic oxidation sites excluding steroid dienone is 1. The van der Waals surface area contributed by atoms with E-state index in [4.69, 9.17) is 25.4 Å². The van der Waals surface area contributed by atoms with Crippen LogP contribution in [0.5, 0.6) is 0 Å². The molecule has 37 nitrogen and oxygen atoms in total. The summed E-state index contributed by atoms with van der Waals surface area (Å²) < 4.78 is 6.24. The molecule has 13 bridgehead atoms. The van der Waals surface area contributed by atoms with Crippen LogP contribution in [0.2, 0.25) is 0 Å². The molecule has 1 aliphatic carbocycles. The van der Waals surface area contributed by atoms with Crippen molar-refractivity contribution in [1.29, 1.82) is 0 Å². The van der Waals surface area contributed by atoms with Crippen molar-refractivity contribution in [2.24, 2.45) is 21.6 Å². The summed E-state index contributed by atoms with van der Waals surface area (Å²) in [4.78, 5) is 203. The van der Waals surface area contributed by atoms with Gasteiger partial charge < -0.3 is 89.2 Å². The maximum Gasteiger partial charge on any atom is 0.357 e. The SMILES string of the molecule is C=C(NC(=O)C(=C)NC(=O)c1csc(C2=N[C@@H]3c4csc(n4)[C@H]4NC(=O)c5csc(n5)[C@H]([C@](C)(O)[C@@H](C)O)NC(=O)[C@H]5CSC(=N5)/C(=C/C)NC(=O)[C@H]([C@H](C)O)NC(=O)c5csc(n5)[C@]3(CC2)NC(=O)[C@H](C)NC(=O)C(=C)NC(=O)C(=C)NC(=O)[C@H](C(C)C)N[C@@H]2C=Cc3c([C@H](C)O)cc(nc3[C@H]2O)C(=O)O[C@@H]4C)n1)C(N)=O. The molecule has 0 saturated carbocycles. The van der Waals surface area contributed by atoms with E-state index in [0.717, 1.165) is 57.1 Å². The zero-order valence-corrected chi connectivity index (χ0v) is 66.0. The minimum Gasteiger partial charge on any atom is -0.455 e. The van der Waals surface area contributed by atoms with Crippen LogP contribution in [0, 0.1) is 5.92 Å². The molecule has 5 aromatic heterocycles. The number of hydrogen-bond acceptors (Lipinski definition) is 31. The number of amides is 11. The van der Waals surface area contributed by atoms with Crippen molar-refractivity contribution in [3.8, 4) is 0 Å². The quantitative estimate of drug-likeness (QED) is 0.0633. The fourth-order valence-electron chi connectivity index (χ4n) is 12.0. The van der Waals surface area contributed by atoms with Gasteiger partial charge in [-0.1, -0.05) is 58.4 Å². The van der Waals surface area contributed by atoms with E-state index < -0.39 is 201 Å². The van der Waals surface area contributed by atoms with E-state index in [1.165, 1.54) is 87.4 Å². The van der Waals surface area contributed by atoms with Crippen molar-refractivity contribution in [1.82, 2.24) is 83.4 Å². The fourth-order valence-corrected chi connectivity index (χ4v) is 16.9. The van der Waals surface area contributed by atoms with Crippen LogP contribution >= 0.6 is 57.1 Å². The number of thioether (sulfide) groups is 1. The molecule has 9 heterocycles. The van der Waals surface area contributed by atoms with Gasteiger partial charge in [0.05, 0.1) is 76.0 Å². The number of aliphatic hydroxyl groups is 5. The van der Waals surface area contributed by atoms with Gasteiger partial charge >= 0.3 is 5.97 Å². The first-order valence-corrected chi connectivity index (χ1v) is 39.3. The summed E-state index contributed by atoms with van der Waals surface area (Å²) >= 11 is 4.39. The van der Waals surface area contributed by atoms with Gasteiger partial charge in [0.15, 0.2) is 0 Å². The Balaban J connectivity index is 1.18. The highest BCUT2D eigenvalue weighted by Gasteiger charge is 2.51. The van der Waals surface area contributed by atoms with Gasteiger partial charge in [0.25, 0.3) is 41.4 Å².